The van der Waals surface area contributed by atoms with Crippen molar-refractivity contribution in [2.45, 2.75) is 20.8 Å². The van der Waals surface area contributed by atoms with Crippen molar-refractivity contribution in [3.63, 3.8) is 0 Å². The first-order valence-electron chi connectivity index (χ1n) is 6.72. The Balaban J connectivity index is 2.04. The highest BCUT2D eigenvalue weighted by atomic mass is 32.1. The lowest BCUT2D eigenvalue weighted by molar-refractivity contribution is 0.0977. The molecule has 0 spiro atoms. The number of nitrogens with one attached hydrogen (secondary N) is 2. The van der Waals surface area contributed by atoms with Gasteiger partial charge in [0.15, 0.2) is 5.11 Å². The minimum absolute atomic E-state index is 0.197. The highest BCUT2D eigenvalue weighted by Crippen LogP contribution is 2.11. The summed E-state index contributed by atoms with van der Waals surface area (Å²) in [6, 6.07) is 13.5. The van der Waals surface area contributed by atoms with Crippen LogP contribution in [0.5, 0.6) is 0 Å². The van der Waals surface area contributed by atoms with Gasteiger partial charge in [-0.1, -0.05) is 29.8 Å². The lowest BCUT2D eigenvalue weighted by Gasteiger charge is -2.11. The highest BCUT2D eigenvalue weighted by Gasteiger charge is 2.10. The van der Waals surface area contributed by atoms with Crippen molar-refractivity contribution in [2.24, 2.45) is 0 Å². The van der Waals surface area contributed by atoms with Gasteiger partial charge >= 0.3 is 0 Å². The summed E-state index contributed by atoms with van der Waals surface area (Å²) in [6.07, 6.45) is 0. The topological polar surface area (TPSA) is 41.1 Å². The van der Waals surface area contributed by atoms with Crippen LogP contribution < -0.4 is 10.6 Å². The third kappa shape index (κ3) is 4.13. The molecule has 0 aliphatic rings. The molecule has 0 unspecified atom stereocenters. The molecule has 1 amide bonds. The van der Waals surface area contributed by atoms with Crippen LogP contribution in [0.3, 0.4) is 0 Å². The van der Waals surface area contributed by atoms with Crippen molar-refractivity contribution in [3.8, 4) is 0 Å². The Morgan fingerprint density at radius 3 is 2.38 bits per heavy atom. The lowest BCUT2D eigenvalue weighted by Crippen LogP contribution is -2.34. The molecule has 0 saturated heterocycles. The molecule has 4 heteroatoms. The van der Waals surface area contributed by atoms with Gasteiger partial charge in [0.2, 0.25) is 0 Å². The molecule has 0 aliphatic carbocycles. The highest BCUT2D eigenvalue weighted by molar-refractivity contribution is 7.80. The number of benzene rings is 2. The van der Waals surface area contributed by atoms with Crippen molar-refractivity contribution in [2.75, 3.05) is 5.32 Å². The predicted molar refractivity (Wildman–Crippen MR) is 90.8 cm³/mol. The molecule has 2 aromatic carbocycles. The first-order chi connectivity index (χ1) is 9.95. The van der Waals surface area contributed by atoms with E-state index in [4.69, 9.17) is 12.2 Å². The van der Waals surface area contributed by atoms with Gasteiger partial charge < -0.3 is 5.32 Å². The maximum atomic E-state index is 12.2. The summed E-state index contributed by atoms with van der Waals surface area (Å²) in [7, 11) is 0. The van der Waals surface area contributed by atoms with Crippen LogP contribution in [0.1, 0.15) is 27.0 Å². The second kappa shape index (κ2) is 6.50. The summed E-state index contributed by atoms with van der Waals surface area (Å²) in [5.74, 6) is -0.197. The number of hydrogen-bond acceptors (Lipinski definition) is 2. The van der Waals surface area contributed by atoms with Crippen LogP contribution in [0.15, 0.2) is 42.5 Å². The molecule has 2 rings (SSSR count). The van der Waals surface area contributed by atoms with Crippen LogP contribution in [0.25, 0.3) is 0 Å². The zero-order valence-corrected chi connectivity index (χ0v) is 13.2. The maximum Gasteiger partial charge on any atom is 0.257 e. The molecule has 0 saturated carbocycles. The molecular weight excluding hydrogens is 280 g/mol. The van der Waals surface area contributed by atoms with Crippen LogP contribution in [0.4, 0.5) is 5.69 Å². The van der Waals surface area contributed by atoms with E-state index in [-0.39, 0.29) is 5.91 Å². The number of carbonyl (C=O) groups excluding carboxylic acids is 1. The van der Waals surface area contributed by atoms with E-state index in [2.05, 4.69) is 10.6 Å². The summed E-state index contributed by atoms with van der Waals surface area (Å²) in [6.45, 7) is 5.92. The minimum atomic E-state index is -0.197. The van der Waals surface area contributed by atoms with Gasteiger partial charge in [-0.2, -0.15) is 0 Å². The Morgan fingerprint density at radius 2 is 1.71 bits per heavy atom. The van der Waals surface area contributed by atoms with Crippen LogP contribution in [-0.4, -0.2) is 11.0 Å². The van der Waals surface area contributed by atoms with E-state index in [0.717, 1.165) is 22.4 Å². The van der Waals surface area contributed by atoms with E-state index >= 15 is 0 Å². The van der Waals surface area contributed by atoms with Crippen molar-refractivity contribution < 1.29 is 4.79 Å². The minimum Gasteiger partial charge on any atom is -0.332 e. The average Bonchev–Trinajstić information content (AvgIpc) is 2.38. The fourth-order valence-electron chi connectivity index (χ4n) is 2.12. The fraction of sp³-hybridized carbons (Fsp3) is 0.176. The molecule has 0 bridgehead atoms. The van der Waals surface area contributed by atoms with Gasteiger partial charge in [-0.25, -0.2) is 0 Å². The van der Waals surface area contributed by atoms with E-state index in [1.807, 2.05) is 63.2 Å². The summed E-state index contributed by atoms with van der Waals surface area (Å²) in [5.41, 5.74) is 4.69. The maximum absolute atomic E-state index is 12.2. The molecular formula is C17H18N2OS. The van der Waals surface area contributed by atoms with Gasteiger partial charge in [-0.3, -0.25) is 10.1 Å². The van der Waals surface area contributed by atoms with Gasteiger partial charge in [-0.05, 0) is 62.3 Å². The Labute approximate surface area is 130 Å². The second-order valence-electron chi connectivity index (χ2n) is 5.10. The van der Waals surface area contributed by atoms with E-state index in [9.17, 15) is 4.79 Å². The van der Waals surface area contributed by atoms with Crippen molar-refractivity contribution >= 4 is 28.9 Å². The smallest absolute Gasteiger partial charge is 0.257 e. The molecule has 0 fully saturated rings. The van der Waals surface area contributed by atoms with E-state index in [1.165, 1.54) is 0 Å². The molecule has 2 aromatic rings. The van der Waals surface area contributed by atoms with Crippen molar-refractivity contribution in [1.29, 1.82) is 0 Å². The Morgan fingerprint density at radius 1 is 1.00 bits per heavy atom. The molecule has 108 valence electrons. The van der Waals surface area contributed by atoms with Crippen LogP contribution in [0.2, 0.25) is 0 Å². The van der Waals surface area contributed by atoms with Gasteiger partial charge in [0.05, 0.1) is 0 Å². The van der Waals surface area contributed by atoms with Crippen LogP contribution in [-0.2, 0) is 0 Å². The van der Waals surface area contributed by atoms with Crippen molar-refractivity contribution in [3.05, 3.63) is 64.7 Å². The van der Waals surface area contributed by atoms with E-state index in [0.29, 0.717) is 10.7 Å². The third-order valence-electron chi connectivity index (χ3n) is 3.13. The second-order valence-corrected chi connectivity index (χ2v) is 5.50. The number of hydrogen-bond donors (Lipinski definition) is 2. The average molecular weight is 298 g/mol. The number of thiocarbonyl (C=S) groups is 1. The molecule has 0 aliphatic heterocycles. The van der Waals surface area contributed by atoms with E-state index in [1.54, 1.807) is 0 Å². The molecule has 21 heavy (non-hydrogen) atoms. The first kappa shape index (κ1) is 15.2. The predicted octanol–water partition coefficient (Wildman–Crippen LogP) is 3.74. The van der Waals surface area contributed by atoms with Gasteiger partial charge in [-0.15, -0.1) is 0 Å². The third-order valence-corrected chi connectivity index (χ3v) is 3.33. The van der Waals surface area contributed by atoms with Gasteiger partial charge in [0.25, 0.3) is 5.91 Å². The monoisotopic (exact) mass is 298 g/mol. The Hall–Kier alpha value is -2.20. The number of aryl methyl sites for hydroxylation is 3. The summed E-state index contributed by atoms with van der Waals surface area (Å²) >= 11 is 5.18. The van der Waals surface area contributed by atoms with E-state index < -0.39 is 0 Å². The number of rotatable bonds is 2. The molecule has 0 atom stereocenters. The molecule has 2 N–H and O–H groups in total. The summed E-state index contributed by atoms with van der Waals surface area (Å²) < 4.78 is 0. The van der Waals surface area contributed by atoms with Gasteiger partial charge in [0.1, 0.15) is 0 Å². The number of anilines is 1. The summed E-state index contributed by atoms with van der Waals surface area (Å²) in [5, 5.41) is 6.02. The largest absolute Gasteiger partial charge is 0.332 e. The molecule has 0 radical (unpaired) electrons. The normalized spacial score (nSPS) is 10.0. The Kier molecular flexibility index (Phi) is 4.70. The van der Waals surface area contributed by atoms with Gasteiger partial charge in [0, 0.05) is 11.3 Å². The molecule has 0 aromatic heterocycles. The quantitative estimate of drug-likeness (QED) is 0.830. The molecule has 3 nitrogen and oxygen atoms in total. The lowest BCUT2D eigenvalue weighted by atomic mass is 10.1. The standard InChI is InChI=1S/C17H18N2OS/c1-11-5-4-6-14(10-11)18-17(21)19-16(20)15-8-7-12(2)9-13(15)3/h4-10H,1-3H3,(H2,18,19,20,21). The zero-order chi connectivity index (χ0) is 15.4. The first-order valence-corrected chi connectivity index (χ1v) is 7.13. The molecule has 0 heterocycles. The SMILES string of the molecule is Cc1cccc(NC(=S)NC(=O)c2ccc(C)cc2C)c1. The summed E-state index contributed by atoms with van der Waals surface area (Å²) in [4.78, 5) is 12.2. The van der Waals surface area contributed by atoms with Crippen LogP contribution in [0, 0.1) is 20.8 Å². The van der Waals surface area contributed by atoms with Crippen molar-refractivity contribution in [1.82, 2.24) is 5.32 Å². The number of carbonyl (C=O) groups is 1. The van der Waals surface area contributed by atoms with Crippen LogP contribution >= 0.6 is 12.2 Å². The number of amides is 1. The Bertz CT molecular complexity index is 695. The zero-order valence-electron chi connectivity index (χ0n) is 12.4. The fourth-order valence-corrected chi connectivity index (χ4v) is 2.33.